The number of aliphatic hydroxyl groups is 1. The normalized spacial score (nSPS) is 30.3. The highest BCUT2D eigenvalue weighted by Gasteiger charge is 2.48. The molecule has 3 aliphatic rings. The van der Waals surface area contributed by atoms with Gasteiger partial charge in [-0.3, -0.25) is 4.90 Å². The van der Waals surface area contributed by atoms with Gasteiger partial charge in [0, 0.05) is 38.8 Å². The van der Waals surface area contributed by atoms with Gasteiger partial charge in [-0.05, 0) is 38.6 Å². The van der Waals surface area contributed by atoms with Crippen molar-refractivity contribution in [2.45, 2.75) is 37.3 Å². The van der Waals surface area contributed by atoms with E-state index >= 15 is 0 Å². The molecule has 0 aromatic heterocycles. The van der Waals surface area contributed by atoms with Gasteiger partial charge in [-0.2, -0.15) is 0 Å². The van der Waals surface area contributed by atoms with Gasteiger partial charge in [-0.25, -0.2) is 0 Å². The first kappa shape index (κ1) is 12.9. The Labute approximate surface area is 110 Å². The molecule has 0 bridgehead atoms. The van der Waals surface area contributed by atoms with Crippen LogP contribution in [0.3, 0.4) is 0 Å². The molecule has 0 amide bonds. The molecule has 1 atom stereocenters. The average molecular weight is 253 g/mol. The van der Waals surface area contributed by atoms with Gasteiger partial charge < -0.3 is 15.3 Å². The summed E-state index contributed by atoms with van der Waals surface area (Å²) in [6.45, 7) is 5.97. The third-order valence-corrected chi connectivity index (χ3v) is 4.81. The van der Waals surface area contributed by atoms with Crippen LogP contribution in [0, 0.1) is 5.92 Å². The minimum absolute atomic E-state index is 0.00290. The van der Waals surface area contributed by atoms with E-state index in [2.05, 4.69) is 22.2 Å². The number of hydrogen-bond acceptors (Lipinski definition) is 4. The van der Waals surface area contributed by atoms with Gasteiger partial charge in [0.05, 0.1) is 12.1 Å². The number of likely N-dealkylation sites (N-methyl/N-ethyl adjacent to an activating group) is 1. The van der Waals surface area contributed by atoms with Crippen LogP contribution in [0.5, 0.6) is 0 Å². The summed E-state index contributed by atoms with van der Waals surface area (Å²) in [4.78, 5) is 4.94. The van der Waals surface area contributed by atoms with Crippen molar-refractivity contribution in [3.8, 4) is 0 Å². The van der Waals surface area contributed by atoms with Crippen LogP contribution >= 0.6 is 0 Å². The van der Waals surface area contributed by atoms with Crippen molar-refractivity contribution in [1.29, 1.82) is 0 Å². The zero-order chi connectivity index (χ0) is 12.6. The molecular weight excluding hydrogens is 226 g/mol. The number of nitrogens with one attached hydrogen (secondary N) is 1. The molecule has 1 unspecified atom stereocenters. The number of piperazine rings is 1. The summed E-state index contributed by atoms with van der Waals surface area (Å²) in [7, 11) is 2.19. The van der Waals surface area contributed by atoms with E-state index in [0.29, 0.717) is 18.6 Å². The maximum atomic E-state index is 9.95. The van der Waals surface area contributed by atoms with Gasteiger partial charge in [0.15, 0.2) is 0 Å². The van der Waals surface area contributed by atoms with Gasteiger partial charge in [0.2, 0.25) is 0 Å². The highest BCUT2D eigenvalue weighted by atomic mass is 16.3. The first-order valence-corrected chi connectivity index (χ1v) is 7.51. The van der Waals surface area contributed by atoms with Crippen molar-refractivity contribution < 1.29 is 5.11 Å². The molecular formula is C14H27N3O. The van der Waals surface area contributed by atoms with Crippen LogP contribution in [0.25, 0.3) is 0 Å². The zero-order valence-corrected chi connectivity index (χ0v) is 11.6. The smallest absolute Gasteiger partial charge is 0.0628 e. The molecule has 4 heteroatoms. The summed E-state index contributed by atoms with van der Waals surface area (Å²) in [5.41, 5.74) is -0.00290. The number of aliphatic hydroxyl groups excluding tert-OH is 1. The van der Waals surface area contributed by atoms with E-state index in [0.717, 1.165) is 32.7 Å². The molecule has 1 aliphatic heterocycles. The maximum Gasteiger partial charge on any atom is 0.0628 e. The largest absolute Gasteiger partial charge is 0.394 e. The van der Waals surface area contributed by atoms with E-state index in [-0.39, 0.29) is 5.54 Å². The SMILES string of the molecule is CN1CCN(CC(CO)(NC2CC2)C2CC2)CC1. The Morgan fingerprint density at radius 1 is 1.11 bits per heavy atom. The predicted molar refractivity (Wildman–Crippen MR) is 72.6 cm³/mol. The van der Waals surface area contributed by atoms with Crippen LogP contribution in [-0.2, 0) is 0 Å². The standard InChI is InChI=1S/C14H27N3O/c1-16-6-8-17(9-7-16)10-14(11-18,12-2-3-12)15-13-4-5-13/h12-13,15,18H,2-11H2,1H3. The van der Waals surface area contributed by atoms with E-state index in [1.165, 1.54) is 25.7 Å². The average Bonchev–Trinajstić information content (AvgIpc) is 3.24. The van der Waals surface area contributed by atoms with Crippen molar-refractivity contribution in [1.82, 2.24) is 15.1 Å². The van der Waals surface area contributed by atoms with Crippen molar-refractivity contribution in [2.75, 3.05) is 46.4 Å². The minimum Gasteiger partial charge on any atom is -0.394 e. The number of nitrogens with zero attached hydrogens (tertiary/aromatic N) is 2. The number of rotatable bonds is 6. The second-order valence-electron chi connectivity index (χ2n) is 6.59. The van der Waals surface area contributed by atoms with Crippen molar-refractivity contribution in [3.63, 3.8) is 0 Å². The lowest BCUT2D eigenvalue weighted by molar-refractivity contribution is 0.0648. The molecule has 2 N–H and O–H groups in total. The zero-order valence-electron chi connectivity index (χ0n) is 11.6. The Kier molecular flexibility index (Phi) is 3.63. The van der Waals surface area contributed by atoms with Crippen LogP contribution in [-0.4, -0.2) is 72.9 Å². The summed E-state index contributed by atoms with van der Waals surface area (Å²) in [5.74, 6) is 0.711. The quantitative estimate of drug-likeness (QED) is 0.706. The molecule has 4 nitrogen and oxygen atoms in total. The Morgan fingerprint density at radius 2 is 1.78 bits per heavy atom. The fourth-order valence-electron chi connectivity index (χ4n) is 3.19. The summed E-state index contributed by atoms with van der Waals surface area (Å²) >= 11 is 0. The number of hydrogen-bond donors (Lipinski definition) is 2. The van der Waals surface area contributed by atoms with Gasteiger partial charge in [-0.15, -0.1) is 0 Å². The van der Waals surface area contributed by atoms with Crippen LogP contribution < -0.4 is 5.32 Å². The maximum absolute atomic E-state index is 9.95. The predicted octanol–water partition coefficient (Wildman–Crippen LogP) is 0.127. The molecule has 1 saturated heterocycles. The van der Waals surface area contributed by atoms with Crippen LogP contribution in [0.4, 0.5) is 0 Å². The van der Waals surface area contributed by atoms with Gasteiger partial charge in [0.1, 0.15) is 0 Å². The lowest BCUT2D eigenvalue weighted by atomic mass is 9.92. The first-order chi connectivity index (χ1) is 8.72. The molecule has 0 spiro atoms. The summed E-state index contributed by atoms with van der Waals surface area (Å²) < 4.78 is 0. The molecule has 2 aliphatic carbocycles. The third-order valence-electron chi connectivity index (χ3n) is 4.81. The Balaban J connectivity index is 1.61. The van der Waals surface area contributed by atoms with E-state index in [1.54, 1.807) is 0 Å². The lowest BCUT2D eigenvalue weighted by Gasteiger charge is -2.41. The van der Waals surface area contributed by atoms with Crippen molar-refractivity contribution in [3.05, 3.63) is 0 Å². The molecule has 0 aromatic rings. The monoisotopic (exact) mass is 253 g/mol. The van der Waals surface area contributed by atoms with E-state index < -0.39 is 0 Å². The minimum atomic E-state index is -0.00290. The Hall–Kier alpha value is -0.160. The fraction of sp³-hybridized carbons (Fsp3) is 1.00. The summed E-state index contributed by atoms with van der Waals surface area (Å²) in [5, 5.41) is 13.7. The molecule has 3 fully saturated rings. The second kappa shape index (κ2) is 5.08. The second-order valence-corrected chi connectivity index (χ2v) is 6.59. The van der Waals surface area contributed by atoms with Crippen LogP contribution in [0.2, 0.25) is 0 Å². The van der Waals surface area contributed by atoms with Crippen LogP contribution in [0.15, 0.2) is 0 Å². The van der Waals surface area contributed by atoms with Gasteiger partial charge in [0.25, 0.3) is 0 Å². The third kappa shape index (κ3) is 2.87. The molecule has 1 heterocycles. The van der Waals surface area contributed by atoms with Gasteiger partial charge in [-0.1, -0.05) is 0 Å². The van der Waals surface area contributed by atoms with E-state index in [4.69, 9.17) is 0 Å². The topological polar surface area (TPSA) is 38.7 Å². The van der Waals surface area contributed by atoms with E-state index in [9.17, 15) is 5.11 Å². The van der Waals surface area contributed by atoms with Crippen molar-refractivity contribution in [2.24, 2.45) is 5.92 Å². The molecule has 104 valence electrons. The Bertz CT molecular complexity index is 283. The van der Waals surface area contributed by atoms with E-state index in [1.807, 2.05) is 0 Å². The highest BCUT2D eigenvalue weighted by molar-refractivity contribution is 5.06. The molecule has 0 radical (unpaired) electrons. The highest BCUT2D eigenvalue weighted by Crippen LogP contribution is 2.42. The Morgan fingerprint density at radius 3 is 2.28 bits per heavy atom. The first-order valence-electron chi connectivity index (χ1n) is 7.51. The van der Waals surface area contributed by atoms with Crippen LogP contribution in [0.1, 0.15) is 25.7 Å². The summed E-state index contributed by atoms with van der Waals surface area (Å²) in [6, 6.07) is 0.685. The van der Waals surface area contributed by atoms with Gasteiger partial charge >= 0.3 is 0 Å². The summed E-state index contributed by atoms with van der Waals surface area (Å²) in [6.07, 6.45) is 5.20. The molecule has 2 saturated carbocycles. The molecule has 0 aromatic carbocycles. The van der Waals surface area contributed by atoms with Crippen molar-refractivity contribution >= 4 is 0 Å². The molecule has 3 rings (SSSR count). The fourth-order valence-corrected chi connectivity index (χ4v) is 3.19. The molecule has 18 heavy (non-hydrogen) atoms. The lowest BCUT2D eigenvalue weighted by Crippen LogP contribution is -2.61.